The third-order valence-corrected chi connectivity index (χ3v) is 7.51. The topological polar surface area (TPSA) is 25.4 Å². The molecule has 6 heteroatoms. The standard InChI is InChI=1S/C6H13NO.3C6H13N.C5H11N/c1-7-3-2-5-8-6-4-7;3*1-7-5-3-2-4-6-7;1-6-4-2-3-5-6/h2-6H2,1H3;3*2-6H2,1H3;2-5H2,1H3. The van der Waals surface area contributed by atoms with Gasteiger partial charge in [0.15, 0.2) is 0 Å². The maximum absolute atomic E-state index is 5.22. The SMILES string of the molecule is CN1CCCC1.CN1CCCCC1.CN1CCCCC1.CN1CCCCC1.CN1CCCOCC1. The fourth-order valence-electron chi connectivity index (χ4n) is 4.90. The van der Waals surface area contributed by atoms with E-state index in [9.17, 15) is 0 Å². The van der Waals surface area contributed by atoms with Crippen LogP contribution in [0, 0.1) is 0 Å². The van der Waals surface area contributed by atoms with Crippen LogP contribution in [0.1, 0.15) is 77.0 Å². The Labute approximate surface area is 220 Å². The summed E-state index contributed by atoms with van der Waals surface area (Å²) in [6.07, 6.45) is 16.8. The Morgan fingerprint density at radius 1 is 0.286 bits per heavy atom. The first-order valence-electron chi connectivity index (χ1n) is 15.0. The second kappa shape index (κ2) is 22.9. The van der Waals surface area contributed by atoms with Crippen molar-refractivity contribution in [3.63, 3.8) is 0 Å². The minimum absolute atomic E-state index is 0.913. The van der Waals surface area contributed by atoms with Gasteiger partial charge in [0.2, 0.25) is 0 Å². The van der Waals surface area contributed by atoms with Crippen molar-refractivity contribution >= 4 is 0 Å². The second-order valence-corrected chi connectivity index (χ2v) is 11.4. The van der Waals surface area contributed by atoms with Crippen LogP contribution < -0.4 is 0 Å². The highest BCUT2D eigenvalue weighted by Gasteiger charge is 2.05. The van der Waals surface area contributed by atoms with Crippen molar-refractivity contribution in [2.75, 3.05) is 114 Å². The highest BCUT2D eigenvalue weighted by Crippen LogP contribution is 2.06. The van der Waals surface area contributed by atoms with Gasteiger partial charge in [-0.2, -0.15) is 0 Å². The van der Waals surface area contributed by atoms with Crippen LogP contribution in [0.2, 0.25) is 0 Å². The summed E-state index contributed by atoms with van der Waals surface area (Å²) < 4.78 is 5.22. The summed E-state index contributed by atoms with van der Waals surface area (Å²) in [6.45, 7) is 14.7. The molecule has 35 heavy (non-hydrogen) atoms. The molecule has 0 aromatic rings. The van der Waals surface area contributed by atoms with Crippen LogP contribution in [0.15, 0.2) is 0 Å². The molecule has 0 bridgehead atoms. The van der Waals surface area contributed by atoms with Crippen molar-refractivity contribution in [2.45, 2.75) is 77.0 Å². The van der Waals surface area contributed by atoms with Crippen LogP contribution >= 0.6 is 0 Å². The average molecular weight is 498 g/mol. The summed E-state index contributed by atoms with van der Waals surface area (Å²) in [6, 6.07) is 0. The number of ether oxygens (including phenoxy) is 1. The number of nitrogens with zero attached hydrogens (tertiary/aromatic N) is 5. The van der Waals surface area contributed by atoms with Gasteiger partial charge in [0, 0.05) is 19.7 Å². The number of hydrogen-bond acceptors (Lipinski definition) is 6. The lowest BCUT2D eigenvalue weighted by molar-refractivity contribution is 0.144. The fraction of sp³-hybridized carbons (Fsp3) is 1.00. The molecule has 0 amide bonds. The van der Waals surface area contributed by atoms with Gasteiger partial charge in [-0.3, -0.25) is 0 Å². The van der Waals surface area contributed by atoms with Gasteiger partial charge in [-0.1, -0.05) is 19.3 Å². The number of rotatable bonds is 0. The van der Waals surface area contributed by atoms with E-state index in [1.807, 2.05) is 0 Å². The summed E-state index contributed by atoms with van der Waals surface area (Å²) in [4.78, 5) is 11.8. The van der Waals surface area contributed by atoms with Gasteiger partial charge in [-0.25, -0.2) is 0 Å². The molecule has 5 aliphatic rings. The molecule has 5 heterocycles. The Balaban J connectivity index is 0.000000219. The van der Waals surface area contributed by atoms with Crippen LogP contribution in [-0.2, 0) is 4.74 Å². The van der Waals surface area contributed by atoms with Gasteiger partial charge in [-0.15, -0.1) is 0 Å². The molecular formula is C29H63N5O. The first kappa shape index (κ1) is 32.8. The van der Waals surface area contributed by atoms with E-state index < -0.39 is 0 Å². The summed E-state index contributed by atoms with van der Waals surface area (Å²) in [5.74, 6) is 0. The normalized spacial score (nSPS) is 25.3. The van der Waals surface area contributed by atoms with Crippen LogP contribution in [0.3, 0.4) is 0 Å². The van der Waals surface area contributed by atoms with Gasteiger partial charge < -0.3 is 29.2 Å². The lowest BCUT2D eigenvalue weighted by Crippen LogP contribution is -2.24. The molecule has 210 valence electrons. The van der Waals surface area contributed by atoms with Gasteiger partial charge in [0.25, 0.3) is 0 Å². The van der Waals surface area contributed by atoms with Crippen molar-refractivity contribution in [1.29, 1.82) is 0 Å². The molecule has 0 radical (unpaired) electrons. The molecule has 0 N–H and O–H groups in total. The molecule has 5 fully saturated rings. The number of piperidine rings is 3. The minimum Gasteiger partial charge on any atom is -0.380 e. The van der Waals surface area contributed by atoms with Crippen LogP contribution in [0.5, 0.6) is 0 Å². The van der Waals surface area contributed by atoms with E-state index in [4.69, 9.17) is 4.74 Å². The van der Waals surface area contributed by atoms with Crippen molar-refractivity contribution < 1.29 is 4.74 Å². The molecule has 5 saturated heterocycles. The predicted octanol–water partition coefficient (Wildman–Crippen LogP) is 4.36. The molecule has 5 rings (SSSR count). The Kier molecular flexibility index (Phi) is 21.5. The van der Waals surface area contributed by atoms with E-state index in [1.165, 1.54) is 136 Å². The fourth-order valence-corrected chi connectivity index (χ4v) is 4.90. The smallest absolute Gasteiger partial charge is 0.0593 e. The molecule has 6 nitrogen and oxygen atoms in total. The van der Waals surface area contributed by atoms with E-state index in [1.54, 1.807) is 0 Å². The van der Waals surface area contributed by atoms with E-state index in [2.05, 4.69) is 59.7 Å². The van der Waals surface area contributed by atoms with Crippen molar-refractivity contribution in [3.8, 4) is 0 Å². The first-order valence-corrected chi connectivity index (χ1v) is 15.0. The van der Waals surface area contributed by atoms with Crippen molar-refractivity contribution in [1.82, 2.24) is 24.5 Å². The second-order valence-electron chi connectivity index (χ2n) is 11.4. The molecular weight excluding hydrogens is 434 g/mol. The summed E-state index contributed by atoms with van der Waals surface area (Å²) in [5, 5.41) is 0. The van der Waals surface area contributed by atoms with Gasteiger partial charge in [-0.05, 0) is 145 Å². The zero-order chi connectivity index (χ0) is 25.6. The third-order valence-electron chi connectivity index (χ3n) is 7.51. The van der Waals surface area contributed by atoms with E-state index in [0.717, 1.165) is 19.8 Å². The first-order chi connectivity index (χ1) is 17.0. The zero-order valence-corrected chi connectivity index (χ0v) is 24.6. The Bertz CT molecular complexity index is 383. The number of likely N-dealkylation sites (tertiary alicyclic amines) is 4. The number of hydrogen-bond donors (Lipinski definition) is 0. The van der Waals surface area contributed by atoms with Gasteiger partial charge >= 0.3 is 0 Å². The van der Waals surface area contributed by atoms with Crippen molar-refractivity contribution in [2.24, 2.45) is 0 Å². The molecule has 0 saturated carbocycles. The lowest BCUT2D eigenvalue weighted by atomic mass is 10.1. The minimum atomic E-state index is 0.913. The quantitative estimate of drug-likeness (QED) is 0.493. The molecule has 0 aromatic carbocycles. The molecule has 0 unspecified atom stereocenters. The van der Waals surface area contributed by atoms with E-state index in [0.29, 0.717) is 0 Å². The molecule has 0 atom stereocenters. The maximum atomic E-state index is 5.22. The summed E-state index contributed by atoms with van der Waals surface area (Å²) in [5.41, 5.74) is 0. The van der Waals surface area contributed by atoms with Crippen molar-refractivity contribution in [3.05, 3.63) is 0 Å². The van der Waals surface area contributed by atoms with E-state index >= 15 is 0 Å². The van der Waals surface area contributed by atoms with Crippen LogP contribution in [0.25, 0.3) is 0 Å². The Morgan fingerprint density at radius 2 is 0.543 bits per heavy atom. The molecule has 0 spiro atoms. The van der Waals surface area contributed by atoms with Crippen LogP contribution in [-0.4, -0.2) is 138 Å². The monoisotopic (exact) mass is 498 g/mol. The number of likely N-dealkylation sites (N-methyl/N-ethyl adjacent to an activating group) is 1. The van der Waals surface area contributed by atoms with Crippen LogP contribution in [0.4, 0.5) is 0 Å². The maximum Gasteiger partial charge on any atom is 0.0593 e. The molecule has 0 aromatic heterocycles. The molecule has 5 aliphatic heterocycles. The van der Waals surface area contributed by atoms with Gasteiger partial charge in [0.1, 0.15) is 0 Å². The summed E-state index contributed by atoms with van der Waals surface area (Å²) >= 11 is 0. The third kappa shape index (κ3) is 21.5. The largest absolute Gasteiger partial charge is 0.380 e. The highest BCUT2D eigenvalue weighted by atomic mass is 16.5. The lowest BCUT2D eigenvalue weighted by Gasteiger charge is -2.20. The molecule has 0 aliphatic carbocycles. The Morgan fingerprint density at radius 3 is 0.800 bits per heavy atom. The predicted molar refractivity (Wildman–Crippen MR) is 154 cm³/mol. The van der Waals surface area contributed by atoms with Gasteiger partial charge in [0.05, 0.1) is 6.61 Å². The Hall–Kier alpha value is -0.240. The summed E-state index contributed by atoms with van der Waals surface area (Å²) in [7, 11) is 10.9. The average Bonchev–Trinajstić information content (AvgIpc) is 3.22. The highest BCUT2D eigenvalue weighted by molar-refractivity contribution is 4.60. The van der Waals surface area contributed by atoms with E-state index in [-0.39, 0.29) is 0 Å². The zero-order valence-electron chi connectivity index (χ0n) is 24.6.